The molecule has 5 rings (SSSR count). The molecule has 2 N–H and O–H groups in total. The van der Waals surface area contributed by atoms with E-state index in [1.54, 1.807) is 16.9 Å². The van der Waals surface area contributed by atoms with Crippen LogP contribution in [0.2, 0.25) is 0 Å². The van der Waals surface area contributed by atoms with Crippen LogP contribution in [0.1, 0.15) is 41.6 Å². The third-order valence-corrected chi connectivity index (χ3v) is 6.49. The van der Waals surface area contributed by atoms with E-state index >= 15 is 0 Å². The Morgan fingerprint density at radius 1 is 1.32 bits per heavy atom. The molecular formula is C23H22FN5OS. The molecule has 0 radical (unpaired) electrons. The van der Waals surface area contributed by atoms with Crippen molar-refractivity contribution in [2.24, 2.45) is 7.05 Å². The molecule has 0 saturated carbocycles. The van der Waals surface area contributed by atoms with Crippen molar-refractivity contribution in [3.05, 3.63) is 64.2 Å². The van der Waals surface area contributed by atoms with Gasteiger partial charge in [-0.3, -0.25) is 4.68 Å². The lowest BCUT2D eigenvalue weighted by Gasteiger charge is -2.20. The van der Waals surface area contributed by atoms with E-state index in [1.165, 1.54) is 23.7 Å². The number of fused-ring (bicyclic) bond motifs is 7. The number of halogens is 1. The fourth-order valence-electron chi connectivity index (χ4n) is 4.14. The number of nitrogen functional groups attached to an aromatic ring is 1. The molecule has 8 heteroatoms. The maximum absolute atomic E-state index is 14.2. The van der Waals surface area contributed by atoms with Gasteiger partial charge in [0.25, 0.3) is 0 Å². The molecule has 0 fully saturated rings. The molecule has 1 aromatic carbocycles. The summed E-state index contributed by atoms with van der Waals surface area (Å²) in [5, 5.41) is 4.72. The van der Waals surface area contributed by atoms with Crippen LogP contribution in [-0.4, -0.2) is 19.1 Å². The largest absolute Gasteiger partial charge is 0.482 e. The van der Waals surface area contributed by atoms with Crippen molar-refractivity contribution in [3.8, 4) is 28.1 Å². The van der Waals surface area contributed by atoms with Crippen LogP contribution in [0.25, 0.3) is 22.4 Å². The zero-order valence-electron chi connectivity index (χ0n) is 17.5. The highest BCUT2D eigenvalue weighted by Gasteiger charge is 2.24. The van der Waals surface area contributed by atoms with Crippen molar-refractivity contribution in [1.29, 1.82) is 0 Å². The molecule has 1 atom stereocenters. The Morgan fingerprint density at radius 2 is 2.16 bits per heavy atom. The minimum Gasteiger partial charge on any atom is -0.482 e. The van der Waals surface area contributed by atoms with E-state index in [0.717, 1.165) is 44.9 Å². The fourth-order valence-corrected chi connectivity index (χ4v) is 5.13. The zero-order chi connectivity index (χ0) is 21.7. The van der Waals surface area contributed by atoms with Crippen LogP contribution in [0.3, 0.4) is 0 Å². The summed E-state index contributed by atoms with van der Waals surface area (Å²) < 4.78 is 26.9. The highest BCUT2D eigenvalue weighted by atomic mass is 32.1. The van der Waals surface area contributed by atoms with Gasteiger partial charge in [0.1, 0.15) is 11.9 Å². The summed E-state index contributed by atoms with van der Waals surface area (Å²) >= 11 is 1.49. The van der Waals surface area contributed by atoms with Gasteiger partial charge in [-0.1, -0.05) is 6.92 Å². The third kappa shape index (κ3) is 3.37. The second-order valence-corrected chi connectivity index (χ2v) is 8.59. The van der Waals surface area contributed by atoms with Crippen LogP contribution in [0.15, 0.2) is 36.7 Å². The Hall–Kier alpha value is -3.26. The predicted octanol–water partition coefficient (Wildman–Crippen LogP) is 4.93. The maximum atomic E-state index is 14.2. The molecule has 1 aliphatic rings. The van der Waals surface area contributed by atoms with E-state index in [1.807, 2.05) is 26.2 Å². The predicted molar refractivity (Wildman–Crippen MR) is 120 cm³/mol. The van der Waals surface area contributed by atoms with Crippen LogP contribution in [0.4, 0.5) is 10.2 Å². The maximum Gasteiger partial charge on any atom is 0.166 e. The summed E-state index contributed by atoms with van der Waals surface area (Å²) in [4.78, 5) is 5.50. The Bertz CT molecular complexity index is 1300. The van der Waals surface area contributed by atoms with E-state index in [9.17, 15) is 4.39 Å². The summed E-state index contributed by atoms with van der Waals surface area (Å²) in [5.41, 5.74) is 12.6. The van der Waals surface area contributed by atoms with Crippen LogP contribution < -0.4 is 10.5 Å². The lowest BCUT2D eigenvalue weighted by atomic mass is 9.95. The summed E-state index contributed by atoms with van der Waals surface area (Å²) in [6.45, 7) is 3.98. The Kier molecular flexibility index (Phi) is 4.74. The smallest absolute Gasteiger partial charge is 0.166 e. The number of ether oxygens (including phenoxy) is 1. The van der Waals surface area contributed by atoms with Crippen LogP contribution in [-0.2, 0) is 19.9 Å². The molecule has 158 valence electrons. The Labute approximate surface area is 183 Å². The average molecular weight is 436 g/mol. The molecule has 0 aliphatic carbocycles. The standard InChI is InChI=1S/C23H22FN5OS/c1-4-18-21-13-7-19(23(25)26-10-13)30-12(2)17-9-15(24)5-6-16(17)22-14(11-29(3)27-22)8-20(21)31-28-18/h5-7,9-12H,4,8H2,1-3H3,(H2,25,26)/t12-/m1/s1. The van der Waals surface area contributed by atoms with Gasteiger partial charge in [0.2, 0.25) is 0 Å². The normalized spacial score (nSPS) is 15.2. The van der Waals surface area contributed by atoms with E-state index < -0.39 is 6.10 Å². The van der Waals surface area contributed by atoms with Crippen molar-refractivity contribution >= 4 is 17.4 Å². The number of hydrogen-bond acceptors (Lipinski definition) is 6. The summed E-state index contributed by atoms with van der Waals surface area (Å²) in [7, 11) is 1.90. The van der Waals surface area contributed by atoms with Gasteiger partial charge in [-0.25, -0.2) is 9.37 Å². The molecule has 4 heterocycles. The zero-order valence-corrected chi connectivity index (χ0v) is 18.3. The third-order valence-electron chi connectivity index (χ3n) is 5.60. The first-order chi connectivity index (χ1) is 14.9. The van der Waals surface area contributed by atoms with Gasteiger partial charge < -0.3 is 10.5 Å². The summed E-state index contributed by atoms with van der Waals surface area (Å²) in [5.74, 6) is 0.448. The molecule has 0 amide bonds. The summed E-state index contributed by atoms with van der Waals surface area (Å²) in [6.07, 6.45) is 4.81. The van der Waals surface area contributed by atoms with Gasteiger partial charge in [-0.05, 0) is 49.1 Å². The van der Waals surface area contributed by atoms with E-state index in [2.05, 4.69) is 11.9 Å². The van der Waals surface area contributed by atoms with E-state index in [-0.39, 0.29) is 5.82 Å². The van der Waals surface area contributed by atoms with Gasteiger partial charge in [0.15, 0.2) is 11.6 Å². The first-order valence-corrected chi connectivity index (χ1v) is 10.9. The van der Waals surface area contributed by atoms with Crippen LogP contribution in [0.5, 0.6) is 5.75 Å². The molecule has 4 aromatic rings. The Balaban J connectivity index is 1.81. The lowest BCUT2D eigenvalue weighted by molar-refractivity contribution is 0.227. The second-order valence-electron chi connectivity index (χ2n) is 7.73. The molecular weight excluding hydrogens is 413 g/mol. The number of nitrogens with zero attached hydrogens (tertiary/aromatic N) is 4. The number of anilines is 1. The molecule has 6 nitrogen and oxygen atoms in total. The van der Waals surface area contributed by atoms with Gasteiger partial charge >= 0.3 is 0 Å². The molecule has 0 spiro atoms. The molecule has 2 bridgehead atoms. The van der Waals surface area contributed by atoms with E-state index in [0.29, 0.717) is 23.6 Å². The molecule has 31 heavy (non-hydrogen) atoms. The van der Waals surface area contributed by atoms with Gasteiger partial charge in [-0.15, -0.1) is 0 Å². The Morgan fingerprint density at radius 3 is 2.97 bits per heavy atom. The van der Waals surface area contributed by atoms with Crippen LogP contribution in [0, 0.1) is 5.82 Å². The van der Waals surface area contributed by atoms with Crippen molar-refractivity contribution in [2.45, 2.75) is 32.8 Å². The number of aromatic nitrogens is 4. The van der Waals surface area contributed by atoms with Crippen molar-refractivity contribution in [1.82, 2.24) is 19.1 Å². The molecule has 0 saturated heterocycles. The number of rotatable bonds is 1. The SMILES string of the molecule is CCc1nsc2c1-c1cnc(N)c(c1)O[C@H](C)c1cc(F)ccc1-c1nn(C)cc1C2. The molecule has 3 aromatic heterocycles. The van der Waals surface area contributed by atoms with Crippen molar-refractivity contribution in [2.75, 3.05) is 5.73 Å². The highest BCUT2D eigenvalue weighted by molar-refractivity contribution is 7.06. The highest BCUT2D eigenvalue weighted by Crippen LogP contribution is 2.40. The topological polar surface area (TPSA) is 78.8 Å². The van der Waals surface area contributed by atoms with Crippen molar-refractivity contribution < 1.29 is 9.13 Å². The molecule has 1 aliphatic heterocycles. The quantitative estimate of drug-likeness (QED) is 0.458. The fraction of sp³-hybridized carbons (Fsp3) is 0.261. The number of hydrogen-bond donors (Lipinski definition) is 1. The van der Waals surface area contributed by atoms with Crippen LogP contribution >= 0.6 is 11.5 Å². The monoisotopic (exact) mass is 435 g/mol. The minimum atomic E-state index is -0.454. The number of nitrogens with two attached hydrogens (primary N) is 1. The van der Waals surface area contributed by atoms with Gasteiger partial charge in [0.05, 0.1) is 11.4 Å². The first-order valence-electron chi connectivity index (χ1n) is 10.2. The minimum absolute atomic E-state index is 0.298. The van der Waals surface area contributed by atoms with Gasteiger partial charge in [0, 0.05) is 58.6 Å². The lowest BCUT2D eigenvalue weighted by Crippen LogP contribution is -2.09. The average Bonchev–Trinajstić information content (AvgIpc) is 3.32. The molecule has 0 unspecified atom stereocenters. The second kappa shape index (κ2) is 7.46. The number of aryl methyl sites for hydroxylation is 2. The number of pyridine rings is 1. The summed E-state index contributed by atoms with van der Waals surface area (Å²) in [6, 6.07) is 6.64. The number of benzene rings is 1. The van der Waals surface area contributed by atoms with Crippen molar-refractivity contribution in [3.63, 3.8) is 0 Å². The van der Waals surface area contributed by atoms with E-state index in [4.69, 9.17) is 19.9 Å². The first kappa shape index (κ1) is 19.7. The van der Waals surface area contributed by atoms with Gasteiger partial charge in [-0.2, -0.15) is 9.47 Å².